The van der Waals surface area contributed by atoms with Crippen LogP contribution >= 0.6 is 23.2 Å². The van der Waals surface area contributed by atoms with E-state index in [4.69, 9.17) is 38.5 Å². The molecule has 7 heavy (non-hydrogen) atoms. The number of aliphatic hydroxyl groups is 3. The molecule has 0 amide bonds. The molecule has 0 fully saturated rings. The average Bonchev–Trinajstić information content (AvgIpc) is 1.31. The Kier molecular flexibility index (Phi) is 2.29. The molecule has 0 rings (SSSR count). The lowest BCUT2D eigenvalue weighted by Gasteiger charge is -2.13. The Bertz CT molecular complexity index is 56.4. The van der Waals surface area contributed by atoms with Crippen LogP contribution in [0.1, 0.15) is 0 Å². The second kappa shape index (κ2) is 2.15. The first-order chi connectivity index (χ1) is 2.94. The number of hydrogen-bond acceptors (Lipinski definition) is 3. The first-order valence-corrected chi connectivity index (χ1v) is 2.27. The Morgan fingerprint density at radius 3 is 1.29 bits per heavy atom. The van der Waals surface area contributed by atoms with Crippen molar-refractivity contribution in [3.05, 3.63) is 0 Å². The van der Waals surface area contributed by atoms with E-state index in [-0.39, 0.29) is 0 Å². The quantitative estimate of drug-likeness (QED) is 0.343. The summed E-state index contributed by atoms with van der Waals surface area (Å²) in [5, 5.41) is 23.8. The van der Waals surface area contributed by atoms with Gasteiger partial charge in [0.15, 0.2) is 4.84 Å². The van der Waals surface area contributed by atoms with Gasteiger partial charge < -0.3 is 15.3 Å². The average molecular weight is 147 g/mol. The molecule has 0 aliphatic rings. The lowest BCUT2D eigenvalue weighted by Crippen LogP contribution is -2.34. The van der Waals surface area contributed by atoms with E-state index in [1.165, 1.54) is 0 Å². The normalized spacial score (nSPS) is 12.9. The lowest BCUT2D eigenvalue weighted by atomic mass is 10.7. The predicted molar refractivity (Wildman–Crippen MR) is 24.9 cm³/mol. The van der Waals surface area contributed by atoms with Gasteiger partial charge in [0, 0.05) is 0 Å². The summed E-state index contributed by atoms with van der Waals surface area (Å²) in [4.78, 5) is -1.59. The Morgan fingerprint density at radius 2 is 1.29 bits per heavy atom. The van der Waals surface area contributed by atoms with Gasteiger partial charge in [0.1, 0.15) is 0 Å². The molecule has 0 saturated heterocycles. The second-order valence-corrected chi connectivity index (χ2v) is 2.08. The van der Waals surface area contributed by atoms with Crippen LogP contribution in [0.4, 0.5) is 0 Å². The van der Waals surface area contributed by atoms with Crippen molar-refractivity contribution in [2.45, 2.75) is 10.8 Å². The van der Waals surface area contributed by atoms with E-state index in [9.17, 15) is 0 Å². The van der Waals surface area contributed by atoms with Crippen molar-refractivity contribution in [2.24, 2.45) is 0 Å². The van der Waals surface area contributed by atoms with E-state index >= 15 is 0 Å². The SMILES string of the molecule is OC(O)(O)C(Cl)Cl. The van der Waals surface area contributed by atoms with E-state index in [2.05, 4.69) is 0 Å². The highest BCUT2D eigenvalue weighted by atomic mass is 35.5. The van der Waals surface area contributed by atoms with Gasteiger partial charge in [0.05, 0.1) is 0 Å². The third-order valence-electron chi connectivity index (χ3n) is 0.293. The van der Waals surface area contributed by atoms with Crippen LogP contribution in [-0.2, 0) is 0 Å². The van der Waals surface area contributed by atoms with Crippen molar-refractivity contribution < 1.29 is 15.3 Å². The fraction of sp³-hybridized carbons (Fsp3) is 1.00. The van der Waals surface area contributed by atoms with Gasteiger partial charge in [-0.3, -0.25) is 0 Å². The monoisotopic (exact) mass is 146 g/mol. The molecule has 0 spiro atoms. The van der Waals surface area contributed by atoms with Gasteiger partial charge in [-0.15, -0.1) is 0 Å². The molecule has 0 heterocycles. The molecular weight excluding hydrogens is 143 g/mol. The maximum atomic E-state index is 7.94. The Hall–Kier alpha value is 0.460. The highest BCUT2D eigenvalue weighted by Gasteiger charge is 2.27. The molecule has 0 aromatic heterocycles. The van der Waals surface area contributed by atoms with E-state index in [1.54, 1.807) is 0 Å². The van der Waals surface area contributed by atoms with Crippen LogP contribution in [0.2, 0.25) is 0 Å². The molecule has 0 aliphatic carbocycles. The summed E-state index contributed by atoms with van der Waals surface area (Å²) in [7, 11) is 0. The minimum atomic E-state index is -2.97. The zero-order valence-corrected chi connectivity index (χ0v) is 4.69. The highest BCUT2D eigenvalue weighted by Crippen LogP contribution is 2.12. The summed E-state index contributed by atoms with van der Waals surface area (Å²) in [5.74, 6) is -2.97. The molecule has 0 aliphatic heterocycles. The fourth-order valence-corrected chi connectivity index (χ4v) is 0. The van der Waals surface area contributed by atoms with Crippen LogP contribution in [0.25, 0.3) is 0 Å². The summed E-state index contributed by atoms with van der Waals surface area (Å²) < 4.78 is 0. The molecule has 3 nitrogen and oxygen atoms in total. The number of alkyl halides is 2. The zero-order valence-electron chi connectivity index (χ0n) is 3.17. The Balaban J connectivity index is 3.54. The standard InChI is InChI=1S/C2H4Cl2O3/c3-1(4)2(5,6)7/h1,5-7H. The van der Waals surface area contributed by atoms with E-state index in [0.717, 1.165) is 0 Å². The van der Waals surface area contributed by atoms with Crippen LogP contribution in [0.3, 0.4) is 0 Å². The van der Waals surface area contributed by atoms with Crippen LogP contribution in [0, 0.1) is 0 Å². The number of hydrogen-bond donors (Lipinski definition) is 3. The van der Waals surface area contributed by atoms with Crippen molar-refractivity contribution in [1.82, 2.24) is 0 Å². The van der Waals surface area contributed by atoms with E-state index in [0.29, 0.717) is 0 Å². The summed E-state index contributed by atoms with van der Waals surface area (Å²) in [6.07, 6.45) is 0. The van der Waals surface area contributed by atoms with Crippen molar-refractivity contribution in [2.75, 3.05) is 0 Å². The van der Waals surface area contributed by atoms with Crippen LogP contribution < -0.4 is 0 Å². The molecular formula is C2H4Cl2O3. The molecule has 0 radical (unpaired) electrons. The van der Waals surface area contributed by atoms with E-state index < -0.39 is 10.8 Å². The van der Waals surface area contributed by atoms with Crippen molar-refractivity contribution in [1.29, 1.82) is 0 Å². The van der Waals surface area contributed by atoms with Gasteiger partial charge >= 0.3 is 5.97 Å². The third-order valence-corrected chi connectivity index (χ3v) is 0.878. The predicted octanol–water partition coefficient (Wildman–Crippen LogP) is -0.579. The van der Waals surface area contributed by atoms with Gasteiger partial charge in [-0.25, -0.2) is 0 Å². The Labute approximate surface area is 50.1 Å². The second-order valence-electron chi connectivity index (χ2n) is 0.988. The van der Waals surface area contributed by atoms with Crippen molar-refractivity contribution in [3.8, 4) is 0 Å². The van der Waals surface area contributed by atoms with Crippen molar-refractivity contribution >= 4 is 23.2 Å². The van der Waals surface area contributed by atoms with Crippen LogP contribution in [0.15, 0.2) is 0 Å². The molecule has 0 atom stereocenters. The Morgan fingerprint density at radius 1 is 1.14 bits per heavy atom. The molecule has 0 bridgehead atoms. The topological polar surface area (TPSA) is 60.7 Å². The molecule has 0 aromatic rings. The minimum Gasteiger partial charge on any atom is -0.341 e. The molecule has 44 valence electrons. The molecule has 0 unspecified atom stereocenters. The first kappa shape index (κ1) is 7.46. The first-order valence-electron chi connectivity index (χ1n) is 1.40. The van der Waals surface area contributed by atoms with Gasteiger partial charge in [-0.05, 0) is 0 Å². The van der Waals surface area contributed by atoms with Gasteiger partial charge in [-0.1, -0.05) is 23.2 Å². The third kappa shape index (κ3) is 3.08. The van der Waals surface area contributed by atoms with Crippen LogP contribution in [-0.4, -0.2) is 26.1 Å². The number of rotatable bonds is 1. The van der Waals surface area contributed by atoms with Gasteiger partial charge in [-0.2, -0.15) is 0 Å². The zero-order chi connectivity index (χ0) is 6.08. The largest absolute Gasteiger partial charge is 0.341 e. The van der Waals surface area contributed by atoms with E-state index in [1.807, 2.05) is 0 Å². The smallest absolute Gasteiger partial charge is 0.307 e. The van der Waals surface area contributed by atoms with Crippen LogP contribution in [0.5, 0.6) is 0 Å². The number of halogens is 2. The molecule has 0 saturated carbocycles. The molecule has 0 aromatic carbocycles. The fourth-order valence-electron chi connectivity index (χ4n) is 0. The lowest BCUT2D eigenvalue weighted by molar-refractivity contribution is -0.300. The van der Waals surface area contributed by atoms with Gasteiger partial charge in [0.2, 0.25) is 0 Å². The summed E-state index contributed by atoms with van der Waals surface area (Å²) in [5.41, 5.74) is 0. The van der Waals surface area contributed by atoms with Gasteiger partial charge in [0.25, 0.3) is 0 Å². The summed E-state index contributed by atoms with van der Waals surface area (Å²) >= 11 is 9.54. The van der Waals surface area contributed by atoms with Crippen molar-refractivity contribution in [3.63, 3.8) is 0 Å². The highest BCUT2D eigenvalue weighted by molar-refractivity contribution is 6.44. The summed E-state index contributed by atoms with van der Waals surface area (Å²) in [6, 6.07) is 0. The molecule has 3 N–H and O–H groups in total. The maximum Gasteiger partial charge on any atom is 0.307 e. The molecule has 5 heteroatoms. The maximum absolute atomic E-state index is 7.94. The minimum absolute atomic E-state index is 1.59. The summed E-state index contributed by atoms with van der Waals surface area (Å²) in [6.45, 7) is 0.